The van der Waals surface area contributed by atoms with Crippen LogP contribution in [0, 0.1) is 0 Å². The maximum Gasteiger partial charge on any atom is 0.0465 e. The van der Waals surface area contributed by atoms with E-state index in [4.69, 9.17) is 0 Å². The second-order valence-corrected chi connectivity index (χ2v) is 17.9. The highest BCUT2D eigenvalue weighted by atomic mass is 15.1. The highest BCUT2D eigenvalue weighted by Crippen LogP contribution is 2.57. The van der Waals surface area contributed by atoms with Gasteiger partial charge in [-0.3, -0.25) is 0 Å². The molecule has 282 valence electrons. The lowest BCUT2D eigenvalue weighted by atomic mass is 9.80. The molecule has 1 saturated carbocycles. The predicted octanol–water partition coefficient (Wildman–Crippen LogP) is 15.9. The third kappa shape index (κ3) is 5.97. The maximum atomic E-state index is 2.49. The van der Waals surface area contributed by atoms with Crippen LogP contribution in [0.1, 0.15) is 106 Å². The first-order chi connectivity index (χ1) is 27.8. The van der Waals surface area contributed by atoms with Gasteiger partial charge in [-0.1, -0.05) is 181 Å². The molecule has 7 aromatic rings. The molecule has 3 aliphatic rings. The second kappa shape index (κ2) is 14.1. The van der Waals surface area contributed by atoms with Crippen molar-refractivity contribution in [3.63, 3.8) is 0 Å². The van der Waals surface area contributed by atoms with Crippen LogP contribution >= 0.6 is 0 Å². The van der Waals surface area contributed by atoms with E-state index < -0.39 is 0 Å². The SMILES string of the molecule is CC1(C)c2ccccc2-c2c(-c3cccc4c3-c3ccc(N(c5ccc(-c6ccccc6)cc5)c5ccc(C6CCCCCCC6)cc5)cc3C4(C)C)cccc21. The van der Waals surface area contributed by atoms with Crippen LogP contribution in [0.2, 0.25) is 0 Å². The molecule has 0 aliphatic heterocycles. The molecule has 1 heteroatoms. The van der Waals surface area contributed by atoms with E-state index >= 15 is 0 Å². The van der Waals surface area contributed by atoms with E-state index in [0.717, 1.165) is 0 Å². The Morgan fingerprint density at radius 3 is 1.51 bits per heavy atom. The first-order valence-corrected chi connectivity index (χ1v) is 21.4. The molecule has 1 nitrogen and oxygen atoms in total. The Morgan fingerprint density at radius 2 is 0.860 bits per heavy atom. The normalized spacial score (nSPS) is 16.5. The van der Waals surface area contributed by atoms with Crippen LogP contribution in [0.15, 0.2) is 158 Å². The lowest BCUT2D eigenvalue weighted by molar-refractivity contribution is 0.455. The Hall–Kier alpha value is -5.66. The van der Waals surface area contributed by atoms with Crippen molar-refractivity contribution in [1.82, 2.24) is 0 Å². The molecule has 1 fully saturated rings. The number of nitrogens with zero attached hydrogens (tertiary/aromatic N) is 1. The Balaban J connectivity index is 1.09. The fourth-order valence-corrected chi connectivity index (χ4v) is 10.7. The molecule has 0 aromatic heterocycles. The van der Waals surface area contributed by atoms with Crippen molar-refractivity contribution in [3.8, 4) is 44.5 Å². The van der Waals surface area contributed by atoms with Crippen molar-refractivity contribution in [2.24, 2.45) is 0 Å². The molecule has 10 rings (SSSR count). The van der Waals surface area contributed by atoms with Crippen LogP contribution < -0.4 is 4.90 Å². The van der Waals surface area contributed by atoms with Gasteiger partial charge >= 0.3 is 0 Å². The second-order valence-electron chi connectivity index (χ2n) is 17.9. The molecule has 57 heavy (non-hydrogen) atoms. The third-order valence-corrected chi connectivity index (χ3v) is 13.8. The topological polar surface area (TPSA) is 3.24 Å². The molecule has 0 N–H and O–H groups in total. The molecule has 0 spiro atoms. The largest absolute Gasteiger partial charge is 0.310 e. The third-order valence-electron chi connectivity index (χ3n) is 13.8. The van der Waals surface area contributed by atoms with Crippen LogP contribution in [0.3, 0.4) is 0 Å². The number of rotatable bonds is 6. The van der Waals surface area contributed by atoms with E-state index in [1.165, 1.54) is 134 Å². The summed E-state index contributed by atoms with van der Waals surface area (Å²) in [6, 6.07) is 59.7. The van der Waals surface area contributed by atoms with Crippen molar-refractivity contribution < 1.29 is 0 Å². The molecule has 0 amide bonds. The Labute approximate surface area is 340 Å². The monoisotopic (exact) mass is 739 g/mol. The lowest BCUT2D eigenvalue weighted by Crippen LogP contribution is -2.16. The molecule has 0 bridgehead atoms. The van der Waals surface area contributed by atoms with Gasteiger partial charge in [0.1, 0.15) is 0 Å². The molecule has 0 heterocycles. The van der Waals surface area contributed by atoms with Crippen molar-refractivity contribution in [1.29, 1.82) is 0 Å². The lowest BCUT2D eigenvalue weighted by Gasteiger charge is -2.29. The van der Waals surface area contributed by atoms with Gasteiger partial charge in [0, 0.05) is 27.9 Å². The summed E-state index contributed by atoms with van der Waals surface area (Å²) in [6.07, 6.45) is 9.46. The van der Waals surface area contributed by atoms with Gasteiger partial charge in [0.2, 0.25) is 0 Å². The minimum Gasteiger partial charge on any atom is -0.310 e. The summed E-state index contributed by atoms with van der Waals surface area (Å²) in [5.41, 5.74) is 21.1. The van der Waals surface area contributed by atoms with E-state index in [1.54, 1.807) is 0 Å². The summed E-state index contributed by atoms with van der Waals surface area (Å²) in [5.74, 6) is 0.664. The van der Waals surface area contributed by atoms with Crippen LogP contribution in [-0.4, -0.2) is 0 Å². The predicted molar refractivity (Wildman–Crippen MR) is 242 cm³/mol. The summed E-state index contributed by atoms with van der Waals surface area (Å²) in [4.78, 5) is 2.47. The van der Waals surface area contributed by atoms with Gasteiger partial charge in [0.15, 0.2) is 0 Å². The van der Waals surface area contributed by atoms with Crippen LogP contribution in [0.5, 0.6) is 0 Å². The average molecular weight is 740 g/mol. The van der Waals surface area contributed by atoms with E-state index in [9.17, 15) is 0 Å². The number of fused-ring (bicyclic) bond motifs is 6. The molecule has 0 atom stereocenters. The highest BCUT2D eigenvalue weighted by molar-refractivity contribution is 6.00. The molecular formula is C56H53N. The number of hydrogen-bond acceptors (Lipinski definition) is 1. The molecular weight excluding hydrogens is 687 g/mol. The van der Waals surface area contributed by atoms with Crippen molar-refractivity contribution >= 4 is 17.1 Å². The zero-order valence-corrected chi connectivity index (χ0v) is 34.0. The summed E-state index contributed by atoms with van der Waals surface area (Å²) >= 11 is 0. The standard InChI is InChI=1S/C56H53N/c1-55(2)49-24-14-13-21-47(49)53-45(22-15-25-50(53)55)46-23-16-26-51-54(46)48-36-35-44(37-52(48)56(51,3)4)57(43-33-29-41(30-34-43)39-19-11-8-12-20-39)42-31-27-40(28-32-42)38-17-9-6-5-7-10-18-38/h8,11-16,19-38H,5-7,9-10,17-18H2,1-4H3. The zero-order valence-electron chi connectivity index (χ0n) is 34.0. The first-order valence-electron chi connectivity index (χ1n) is 21.4. The van der Waals surface area contributed by atoms with Crippen molar-refractivity contribution in [2.45, 2.75) is 89.4 Å². The van der Waals surface area contributed by atoms with Crippen LogP contribution in [0.4, 0.5) is 17.1 Å². The van der Waals surface area contributed by atoms with E-state index in [2.05, 4.69) is 190 Å². The van der Waals surface area contributed by atoms with Gasteiger partial charge in [-0.25, -0.2) is 0 Å². The summed E-state index contributed by atoms with van der Waals surface area (Å²) in [5, 5.41) is 0. The van der Waals surface area contributed by atoms with Gasteiger partial charge < -0.3 is 4.90 Å². The van der Waals surface area contributed by atoms with E-state index in [-0.39, 0.29) is 10.8 Å². The highest BCUT2D eigenvalue weighted by Gasteiger charge is 2.40. The molecule has 7 aromatic carbocycles. The Bertz CT molecular complexity index is 2580. The summed E-state index contributed by atoms with van der Waals surface area (Å²) in [6.45, 7) is 9.59. The maximum absolute atomic E-state index is 2.49. The van der Waals surface area contributed by atoms with Gasteiger partial charge in [0.25, 0.3) is 0 Å². The van der Waals surface area contributed by atoms with Gasteiger partial charge in [-0.2, -0.15) is 0 Å². The number of hydrogen-bond donors (Lipinski definition) is 0. The fourth-order valence-electron chi connectivity index (χ4n) is 10.7. The molecule has 0 unspecified atom stereocenters. The van der Waals surface area contributed by atoms with Gasteiger partial charge in [0.05, 0.1) is 0 Å². The van der Waals surface area contributed by atoms with E-state index in [0.29, 0.717) is 5.92 Å². The molecule has 0 radical (unpaired) electrons. The number of anilines is 3. The summed E-state index contributed by atoms with van der Waals surface area (Å²) < 4.78 is 0. The minimum absolute atomic E-state index is 0.0397. The molecule has 0 saturated heterocycles. The van der Waals surface area contributed by atoms with Crippen LogP contribution in [0.25, 0.3) is 44.5 Å². The van der Waals surface area contributed by atoms with Crippen molar-refractivity contribution in [3.05, 3.63) is 186 Å². The van der Waals surface area contributed by atoms with E-state index in [1.807, 2.05) is 0 Å². The van der Waals surface area contributed by atoms with Crippen molar-refractivity contribution in [2.75, 3.05) is 4.90 Å². The smallest absolute Gasteiger partial charge is 0.0465 e. The zero-order chi connectivity index (χ0) is 38.7. The first kappa shape index (κ1) is 35.7. The quantitative estimate of drug-likeness (QED) is 0.164. The minimum atomic E-state index is -0.170. The Morgan fingerprint density at radius 1 is 0.386 bits per heavy atom. The van der Waals surface area contributed by atoms with Crippen LogP contribution in [-0.2, 0) is 10.8 Å². The summed E-state index contributed by atoms with van der Waals surface area (Å²) in [7, 11) is 0. The number of benzene rings is 7. The Kier molecular flexibility index (Phi) is 8.82. The fraction of sp³-hybridized carbons (Fsp3) is 0.250. The molecule has 3 aliphatic carbocycles. The van der Waals surface area contributed by atoms with Gasteiger partial charge in [-0.15, -0.1) is 0 Å². The average Bonchev–Trinajstić information content (AvgIpc) is 3.61. The van der Waals surface area contributed by atoms with Gasteiger partial charge in [-0.05, 0) is 127 Å².